The third-order valence-electron chi connectivity index (χ3n) is 6.83. The number of nitrogens with zero attached hydrogens (tertiary/aromatic N) is 2. The molecule has 2 rings (SSSR count). The fraction of sp³-hybridized carbons (Fsp3) is 0.720. The van der Waals surface area contributed by atoms with Gasteiger partial charge < -0.3 is 13.7 Å². The number of benzene rings is 1. The average Bonchev–Trinajstić information content (AvgIpc) is 3.03. The van der Waals surface area contributed by atoms with Crippen LogP contribution in [0.4, 0.5) is 0 Å². The van der Waals surface area contributed by atoms with Crippen molar-refractivity contribution in [3.63, 3.8) is 0 Å². The highest BCUT2D eigenvalue weighted by molar-refractivity contribution is 7.85. The molecule has 1 unspecified atom stereocenters. The van der Waals surface area contributed by atoms with Gasteiger partial charge in [0.1, 0.15) is 12.6 Å². The van der Waals surface area contributed by atoms with E-state index in [2.05, 4.69) is 73.4 Å². The molecule has 0 aliphatic carbocycles. The molecular formula is C25H46N2O5SSi2. The van der Waals surface area contributed by atoms with Gasteiger partial charge in [0.15, 0.2) is 8.32 Å². The van der Waals surface area contributed by atoms with Gasteiger partial charge in [0, 0.05) is 26.7 Å². The molecule has 0 fully saturated rings. The molecule has 0 aliphatic heterocycles. The Morgan fingerprint density at radius 3 is 2.26 bits per heavy atom. The van der Waals surface area contributed by atoms with E-state index in [0.29, 0.717) is 19.2 Å². The van der Waals surface area contributed by atoms with Crippen LogP contribution in [0.5, 0.6) is 0 Å². The van der Waals surface area contributed by atoms with E-state index < -0.39 is 26.5 Å². The van der Waals surface area contributed by atoms with Crippen molar-refractivity contribution in [1.82, 2.24) is 9.55 Å². The molecule has 1 N–H and O–H groups in total. The minimum Gasteiger partial charge on any atom is -0.410 e. The SMILES string of the molecule is CC(C)C(O[Si](C)(C)C(C)(C)C)c1cccc2c1nc(CCS(=O)(=O)O)n2COCC[Si](C)(C)C. The summed E-state index contributed by atoms with van der Waals surface area (Å²) in [5, 5.41) is 0.0677. The van der Waals surface area contributed by atoms with Crippen LogP contribution in [0.1, 0.15) is 52.1 Å². The predicted molar refractivity (Wildman–Crippen MR) is 150 cm³/mol. The van der Waals surface area contributed by atoms with Crippen molar-refractivity contribution >= 4 is 37.5 Å². The van der Waals surface area contributed by atoms with Crippen molar-refractivity contribution in [3.8, 4) is 0 Å². The Hall–Kier alpha value is -1.05. The summed E-state index contributed by atoms with van der Waals surface area (Å²) >= 11 is 0. The van der Waals surface area contributed by atoms with Gasteiger partial charge in [0.25, 0.3) is 10.1 Å². The smallest absolute Gasteiger partial charge is 0.265 e. The van der Waals surface area contributed by atoms with Gasteiger partial charge in [-0.15, -0.1) is 0 Å². The van der Waals surface area contributed by atoms with Gasteiger partial charge in [-0.1, -0.05) is 66.4 Å². The number of imidazole rings is 1. The first-order valence-corrected chi connectivity index (χ1v) is 20.7. The molecular weight excluding hydrogens is 497 g/mol. The molecule has 0 spiro atoms. The van der Waals surface area contributed by atoms with Crippen LogP contribution in [0, 0.1) is 5.92 Å². The van der Waals surface area contributed by atoms with Crippen LogP contribution < -0.4 is 0 Å². The van der Waals surface area contributed by atoms with Crippen molar-refractivity contribution < 1.29 is 22.1 Å². The molecule has 35 heavy (non-hydrogen) atoms. The quantitative estimate of drug-likeness (QED) is 0.187. The molecule has 1 aromatic heterocycles. The maximum absolute atomic E-state index is 11.5. The number of hydrogen-bond acceptors (Lipinski definition) is 5. The number of rotatable bonds is 12. The Kier molecular flexibility index (Phi) is 9.61. The van der Waals surface area contributed by atoms with Gasteiger partial charge in [-0.3, -0.25) is 4.55 Å². The van der Waals surface area contributed by atoms with E-state index in [0.717, 1.165) is 22.6 Å². The number of aromatic nitrogens is 2. The van der Waals surface area contributed by atoms with Gasteiger partial charge in [0.05, 0.1) is 22.9 Å². The summed E-state index contributed by atoms with van der Waals surface area (Å²) in [6.45, 7) is 23.4. The van der Waals surface area contributed by atoms with Gasteiger partial charge in [-0.2, -0.15) is 8.42 Å². The van der Waals surface area contributed by atoms with Crippen LogP contribution in [0.2, 0.25) is 43.8 Å². The summed E-state index contributed by atoms with van der Waals surface area (Å²) in [7, 11) is -7.40. The summed E-state index contributed by atoms with van der Waals surface area (Å²) in [6, 6.07) is 7.11. The molecule has 0 bridgehead atoms. The Morgan fingerprint density at radius 1 is 1.11 bits per heavy atom. The zero-order chi connectivity index (χ0) is 26.8. The Labute approximate surface area is 214 Å². The first-order chi connectivity index (χ1) is 15.8. The third kappa shape index (κ3) is 8.50. The molecule has 0 saturated carbocycles. The molecule has 1 heterocycles. The van der Waals surface area contributed by atoms with Crippen LogP contribution in [0.15, 0.2) is 18.2 Å². The lowest BCUT2D eigenvalue weighted by Gasteiger charge is -2.40. The maximum Gasteiger partial charge on any atom is 0.265 e. The highest BCUT2D eigenvalue weighted by Crippen LogP contribution is 2.42. The van der Waals surface area contributed by atoms with E-state index >= 15 is 0 Å². The Morgan fingerprint density at radius 2 is 1.74 bits per heavy atom. The van der Waals surface area contributed by atoms with Crippen LogP contribution >= 0.6 is 0 Å². The minimum atomic E-state index is -4.11. The zero-order valence-corrected chi connectivity index (χ0v) is 26.1. The predicted octanol–water partition coefficient (Wildman–Crippen LogP) is 6.50. The standard InChI is InChI=1S/C25H46N2O5SSi2/c1-19(2)24(32-35(9,10)25(3,4)5)20-12-11-13-21-23(20)26-22(14-16-33(28,29)30)27(21)18-31-15-17-34(6,7)8/h11-13,19,24H,14-18H2,1-10H3,(H,28,29,30). The summed E-state index contributed by atoms with van der Waals surface area (Å²) in [5.41, 5.74) is 2.71. The first-order valence-electron chi connectivity index (χ1n) is 12.5. The lowest BCUT2D eigenvalue weighted by Crippen LogP contribution is -2.42. The van der Waals surface area contributed by atoms with Gasteiger partial charge in [-0.05, 0) is 36.2 Å². The molecule has 7 nitrogen and oxygen atoms in total. The van der Waals surface area contributed by atoms with E-state index in [1.54, 1.807) is 0 Å². The molecule has 10 heteroatoms. The fourth-order valence-corrected chi connectivity index (χ4v) is 6.17. The monoisotopic (exact) mass is 542 g/mol. The second-order valence-corrected chi connectivity index (χ2v) is 24.5. The topological polar surface area (TPSA) is 90.6 Å². The van der Waals surface area contributed by atoms with Crippen molar-refractivity contribution in [2.45, 2.75) is 97.7 Å². The normalized spacial score (nSPS) is 14.7. The van der Waals surface area contributed by atoms with Crippen LogP contribution in [-0.4, -0.2) is 51.3 Å². The molecule has 0 radical (unpaired) electrons. The summed E-state index contributed by atoms with van der Waals surface area (Å²) in [4.78, 5) is 4.89. The second-order valence-electron chi connectivity index (χ2n) is 12.6. The van der Waals surface area contributed by atoms with Crippen molar-refractivity contribution in [3.05, 3.63) is 29.6 Å². The maximum atomic E-state index is 11.5. The van der Waals surface area contributed by atoms with Crippen LogP contribution in [-0.2, 0) is 32.4 Å². The Balaban J connectivity index is 2.53. The molecule has 2 aromatic rings. The van der Waals surface area contributed by atoms with Crippen molar-refractivity contribution in [2.24, 2.45) is 5.92 Å². The molecule has 0 saturated heterocycles. The van der Waals surface area contributed by atoms with E-state index in [9.17, 15) is 13.0 Å². The lowest BCUT2D eigenvalue weighted by atomic mass is 9.98. The average molecular weight is 543 g/mol. The van der Waals surface area contributed by atoms with E-state index in [-0.39, 0.29) is 29.2 Å². The van der Waals surface area contributed by atoms with Crippen molar-refractivity contribution in [2.75, 3.05) is 12.4 Å². The van der Waals surface area contributed by atoms with Gasteiger partial charge in [0.2, 0.25) is 0 Å². The molecule has 1 atom stereocenters. The number of hydrogen-bond donors (Lipinski definition) is 1. The second kappa shape index (κ2) is 11.1. The van der Waals surface area contributed by atoms with E-state index in [1.165, 1.54) is 0 Å². The largest absolute Gasteiger partial charge is 0.410 e. The van der Waals surface area contributed by atoms with Crippen LogP contribution in [0.25, 0.3) is 11.0 Å². The summed E-state index contributed by atoms with van der Waals surface area (Å²) in [6.07, 6.45) is -0.0232. The van der Waals surface area contributed by atoms with Gasteiger partial charge in [-0.25, -0.2) is 4.98 Å². The molecule has 1 aromatic carbocycles. The fourth-order valence-electron chi connectivity index (χ4n) is 3.59. The highest BCUT2D eigenvalue weighted by Gasteiger charge is 2.40. The number of ether oxygens (including phenoxy) is 1. The Bertz CT molecular complexity index is 1100. The number of fused-ring (bicyclic) bond motifs is 1. The highest BCUT2D eigenvalue weighted by atomic mass is 32.2. The first kappa shape index (κ1) is 30.2. The number of aryl methyl sites for hydroxylation is 1. The number of para-hydroxylation sites is 1. The van der Waals surface area contributed by atoms with E-state index in [1.807, 2.05) is 16.7 Å². The minimum absolute atomic E-state index is 0.0677. The summed E-state index contributed by atoms with van der Waals surface area (Å²) in [5.74, 6) is 0.441. The summed E-state index contributed by atoms with van der Waals surface area (Å²) < 4.78 is 47.2. The van der Waals surface area contributed by atoms with Crippen LogP contribution in [0.3, 0.4) is 0 Å². The third-order valence-corrected chi connectivity index (χ3v) is 13.7. The zero-order valence-electron chi connectivity index (χ0n) is 23.3. The molecule has 0 aliphatic rings. The van der Waals surface area contributed by atoms with E-state index in [4.69, 9.17) is 14.1 Å². The molecule has 0 amide bonds. The molecule has 200 valence electrons. The van der Waals surface area contributed by atoms with Gasteiger partial charge >= 0.3 is 0 Å². The van der Waals surface area contributed by atoms with Crippen molar-refractivity contribution in [1.29, 1.82) is 0 Å². The lowest BCUT2D eigenvalue weighted by molar-refractivity contribution is 0.0880.